The van der Waals surface area contributed by atoms with Crippen molar-refractivity contribution in [3.8, 4) is 17.2 Å². The number of carbonyl (C=O) groups is 1. The molecule has 5 rings (SSSR count). The Bertz CT molecular complexity index is 1630. The van der Waals surface area contributed by atoms with Crippen LogP contribution in [0.25, 0.3) is 27.8 Å². The van der Waals surface area contributed by atoms with Gasteiger partial charge in [-0.2, -0.15) is 0 Å². The molecule has 0 bridgehead atoms. The highest BCUT2D eigenvalue weighted by molar-refractivity contribution is 7.99. The SMILES string of the molecule is CCOc1ccc(-n2c(SCC(=O)Nc3ccccc3OCC)nc3c(oc4ccccc43)c2=O)cc1. The van der Waals surface area contributed by atoms with Crippen molar-refractivity contribution in [1.29, 1.82) is 0 Å². The molecule has 0 aliphatic rings. The van der Waals surface area contributed by atoms with Crippen molar-refractivity contribution in [2.75, 3.05) is 24.3 Å². The van der Waals surface area contributed by atoms with E-state index in [1.165, 1.54) is 16.3 Å². The molecule has 0 aliphatic carbocycles. The molecule has 37 heavy (non-hydrogen) atoms. The first-order chi connectivity index (χ1) is 18.1. The van der Waals surface area contributed by atoms with Gasteiger partial charge in [0.15, 0.2) is 5.16 Å². The molecule has 0 spiro atoms. The molecule has 1 amide bonds. The Labute approximate surface area is 217 Å². The Morgan fingerprint density at radius 1 is 0.973 bits per heavy atom. The van der Waals surface area contributed by atoms with E-state index >= 15 is 0 Å². The molecular formula is C28H25N3O5S. The third-order valence-corrected chi connectivity index (χ3v) is 6.50. The lowest BCUT2D eigenvalue weighted by Crippen LogP contribution is -2.22. The zero-order valence-electron chi connectivity index (χ0n) is 20.4. The van der Waals surface area contributed by atoms with Gasteiger partial charge in [-0.05, 0) is 62.4 Å². The fourth-order valence-electron chi connectivity index (χ4n) is 3.97. The second-order valence-corrected chi connectivity index (χ2v) is 8.95. The van der Waals surface area contributed by atoms with E-state index in [0.29, 0.717) is 52.3 Å². The van der Waals surface area contributed by atoms with Gasteiger partial charge in [0, 0.05) is 5.39 Å². The summed E-state index contributed by atoms with van der Waals surface area (Å²) in [5.74, 6) is 1.07. The van der Waals surface area contributed by atoms with Crippen LogP contribution >= 0.6 is 11.8 Å². The summed E-state index contributed by atoms with van der Waals surface area (Å²) in [7, 11) is 0. The largest absolute Gasteiger partial charge is 0.494 e. The number of hydrogen-bond acceptors (Lipinski definition) is 7. The van der Waals surface area contributed by atoms with Crippen LogP contribution < -0.4 is 20.3 Å². The number of para-hydroxylation sites is 3. The first-order valence-corrected chi connectivity index (χ1v) is 12.9. The number of aromatic nitrogens is 2. The number of anilines is 1. The second-order valence-electron chi connectivity index (χ2n) is 8.00. The fraction of sp³-hybridized carbons (Fsp3) is 0.179. The van der Waals surface area contributed by atoms with Crippen LogP contribution in [0, 0.1) is 0 Å². The predicted octanol–water partition coefficient (Wildman–Crippen LogP) is 5.66. The zero-order valence-corrected chi connectivity index (χ0v) is 21.2. The number of rotatable bonds is 9. The van der Waals surface area contributed by atoms with Gasteiger partial charge in [0.1, 0.15) is 22.6 Å². The maximum atomic E-state index is 13.6. The Kier molecular flexibility index (Phi) is 7.14. The zero-order chi connectivity index (χ0) is 25.8. The molecule has 0 atom stereocenters. The van der Waals surface area contributed by atoms with Gasteiger partial charge in [0.2, 0.25) is 11.5 Å². The highest BCUT2D eigenvalue weighted by atomic mass is 32.2. The van der Waals surface area contributed by atoms with Gasteiger partial charge in [0.25, 0.3) is 0 Å². The van der Waals surface area contributed by atoms with Crippen LogP contribution in [0.2, 0.25) is 0 Å². The predicted molar refractivity (Wildman–Crippen MR) is 145 cm³/mol. The van der Waals surface area contributed by atoms with Crippen LogP contribution in [0.3, 0.4) is 0 Å². The van der Waals surface area contributed by atoms with Crippen LogP contribution in [-0.4, -0.2) is 34.4 Å². The molecule has 0 fully saturated rings. The number of hydrogen-bond donors (Lipinski definition) is 1. The number of benzene rings is 3. The van der Waals surface area contributed by atoms with Crippen molar-refractivity contribution < 1.29 is 18.7 Å². The summed E-state index contributed by atoms with van der Waals surface area (Å²) in [6.07, 6.45) is 0. The number of amides is 1. The normalized spacial score (nSPS) is 11.1. The van der Waals surface area contributed by atoms with Gasteiger partial charge in [0.05, 0.1) is 30.3 Å². The molecular weight excluding hydrogens is 490 g/mol. The van der Waals surface area contributed by atoms with E-state index in [2.05, 4.69) is 5.32 Å². The lowest BCUT2D eigenvalue weighted by Gasteiger charge is -2.13. The number of nitrogens with zero attached hydrogens (tertiary/aromatic N) is 2. The van der Waals surface area contributed by atoms with E-state index in [9.17, 15) is 9.59 Å². The first kappa shape index (κ1) is 24.5. The lowest BCUT2D eigenvalue weighted by molar-refractivity contribution is -0.113. The first-order valence-electron chi connectivity index (χ1n) is 11.9. The van der Waals surface area contributed by atoms with Crippen LogP contribution in [0.15, 0.2) is 87.2 Å². The lowest BCUT2D eigenvalue weighted by atomic mass is 10.2. The molecule has 0 radical (unpaired) electrons. The quantitative estimate of drug-likeness (QED) is 0.200. The number of nitrogens with one attached hydrogen (secondary N) is 1. The number of ether oxygens (including phenoxy) is 2. The van der Waals surface area contributed by atoms with Crippen LogP contribution in [-0.2, 0) is 4.79 Å². The molecule has 3 aromatic carbocycles. The molecule has 0 saturated carbocycles. The Morgan fingerprint density at radius 3 is 2.49 bits per heavy atom. The molecule has 0 aliphatic heterocycles. The van der Waals surface area contributed by atoms with Gasteiger partial charge in [-0.15, -0.1) is 0 Å². The van der Waals surface area contributed by atoms with Gasteiger partial charge >= 0.3 is 5.56 Å². The van der Waals surface area contributed by atoms with Gasteiger partial charge in [-0.3, -0.25) is 14.2 Å². The maximum Gasteiger partial charge on any atom is 0.302 e. The third kappa shape index (κ3) is 5.03. The van der Waals surface area contributed by atoms with Crippen molar-refractivity contribution in [2.24, 2.45) is 0 Å². The van der Waals surface area contributed by atoms with Gasteiger partial charge < -0.3 is 19.2 Å². The van der Waals surface area contributed by atoms with E-state index in [4.69, 9.17) is 18.9 Å². The molecule has 188 valence electrons. The highest BCUT2D eigenvalue weighted by Crippen LogP contribution is 2.29. The van der Waals surface area contributed by atoms with Gasteiger partial charge in [-0.25, -0.2) is 4.98 Å². The molecule has 0 unspecified atom stereocenters. The maximum absolute atomic E-state index is 13.6. The van der Waals surface area contributed by atoms with Crippen molar-refractivity contribution >= 4 is 45.4 Å². The fourth-order valence-corrected chi connectivity index (χ4v) is 4.78. The van der Waals surface area contributed by atoms with Gasteiger partial charge in [-0.1, -0.05) is 36.0 Å². The van der Waals surface area contributed by atoms with Crippen molar-refractivity contribution in [2.45, 2.75) is 19.0 Å². The van der Waals surface area contributed by atoms with Crippen LogP contribution in [0.5, 0.6) is 11.5 Å². The Balaban J connectivity index is 1.52. The average molecular weight is 516 g/mol. The van der Waals surface area contributed by atoms with E-state index in [1.54, 1.807) is 42.5 Å². The summed E-state index contributed by atoms with van der Waals surface area (Å²) in [5.41, 5.74) is 2.03. The molecule has 2 heterocycles. The monoisotopic (exact) mass is 515 g/mol. The molecule has 0 saturated heterocycles. The van der Waals surface area contributed by atoms with Crippen molar-refractivity contribution in [1.82, 2.24) is 9.55 Å². The minimum atomic E-state index is -0.352. The molecule has 8 nitrogen and oxygen atoms in total. The summed E-state index contributed by atoms with van der Waals surface area (Å²) >= 11 is 1.17. The number of furan rings is 1. The third-order valence-electron chi connectivity index (χ3n) is 5.56. The van der Waals surface area contributed by atoms with E-state index < -0.39 is 0 Å². The number of carbonyl (C=O) groups excluding carboxylic acids is 1. The summed E-state index contributed by atoms with van der Waals surface area (Å²) in [5, 5.41) is 4.01. The smallest absolute Gasteiger partial charge is 0.302 e. The topological polar surface area (TPSA) is 95.6 Å². The second kappa shape index (κ2) is 10.8. The number of fused-ring (bicyclic) bond motifs is 3. The average Bonchev–Trinajstić information content (AvgIpc) is 3.29. The van der Waals surface area contributed by atoms with E-state index in [0.717, 1.165) is 5.39 Å². The van der Waals surface area contributed by atoms with Crippen molar-refractivity contribution in [3.63, 3.8) is 0 Å². The Morgan fingerprint density at radius 2 is 1.70 bits per heavy atom. The summed E-state index contributed by atoms with van der Waals surface area (Å²) in [6.45, 7) is 4.81. The Hall–Kier alpha value is -4.24. The summed E-state index contributed by atoms with van der Waals surface area (Å²) in [6, 6.07) is 21.8. The number of thioether (sulfide) groups is 1. The van der Waals surface area contributed by atoms with Crippen LogP contribution in [0.4, 0.5) is 5.69 Å². The summed E-state index contributed by atoms with van der Waals surface area (Å²) in [4.78, 5) is 31.3. The molecule has 9 heteroatoms. The van der Waals surface area contributed by atoms with Crippen molar-refractivity contribution in [3.05, 3.63) is 83.2 Å². The van der Waals surface area contributed by atoms with Crippen LogP contribution in [0.1, 0.15) is 13.8 Å². The highest BCUT2D eigenvalue weighted by Gasteiger charge is 2.20. The molecule has 5 aromatic rings. The molecule has 1 N–H and O–H groups in total. The summed E-state index contributed by atoms with van der Waals surface area (Å²) < 4.78 is 18.5. The minimum Gasteiger partial charge on any atom is -0.494 e. The molecule has 2 aromatic heterocycles. The standard InChI is InChI=1S/C28H25N3O5S/c1-3-34-19-15-13-18(14-16-19)31-27(33)26-25(20-9-5-7-11-22(20)36-26)30-28(31)37-17-24(32)29-21-10-6-8-12-23(21)35-4-2/h5-16H,3-4,17H2,1-2H3,(H,29,32). The van der Waals surface area contributed by atoms with E-state index in [-0.39, 0.29) is 22.8 Å². The van der Waals surface area contributed by atoms with E-state index in [1.807, 2.05) is 44.2 Å². The minimum absolute atomic E-state index is 0.0330.